The molecule has 0 bridgehead atoms. The number of nitrogens with one attached hydrogen (secondary N) is 2. The van der Waals surface area contributed by atoms with Gasteiger partial charge in [-0.2, -0.15) is 0 Å². The standard InChI is InChI=1S/C21H23ClN4O/c22-17-8-6-16(7-9-17)20-24-19-5-2-1-4-18(19)21(25-20)23-10-3-11-26-12-14-27-15-13-26/h1-2,4-9H,3,10-15H2,(H,23,24,25)/p+1. The Bertz CT molecular complexity index is 894. The molecule has 27 heavy (non-hydrogen) atoms. The minimum absolute atomic E-state index is 0.712. The number of hydrogen-bond acceptors (Lipinski definition) is 4. The van der Waals surface area contributed by atoms with Gasteiger partial charge in [0.25, 0.3) is 0 Å². The van der Waals surface area contributed by atoms with Crippen LogP contribution >= 0.6 is 11.6 Å². The lowest BCUT2D eigenvalue weighted by Crippen LogP contribution is -3.14. The van der Waals surface area contributed by atoms with E-state index in [0.29, 0.717) is 10.8 Å². The average molecular weight is 384 g/mol. The van der Waals surface area contributed by atoms with E-state index in [9.17, 15) is 0 Å². The summed E-state index contributed by atoms with van der Waals surface area (Å²) < 4.78 is 5.42. The van der Waals surface area contributed by atoms with Gasteiger partial charge in [0.05, 0.1) is 25.3 Å². The van der Waals surface area contributed by atoms with Crippen LogP contribution < -0.4 is 10.2 Å². The van der Waals surface area contributed by atoms with Gasteiger partial charge in [0.15, 0.2) is 5.82 Å². The molecule has 0 amide bonds. The fourth-order valence-corrected chi connectivity index (χ4v) is 3.52. The molecule has 2 heterocycles. The van der Waals surface area contributed by atoms with Crippen LogP contribution in [0.3, 0.4) is 0 Å². The van der Waals surface area contributed by atoms with Crippen molar-refractivity contribution in [3.63, 3.8) is 0 Å². The molecule has 1 aliphatic rings. The average Bonchev–Trinajstić information content (AvgIpc) is 2.72. The second kappa shape index (κ2) is 8.65. The van der Waals surface area contributed by atoms with Crippen molar-refractivity contribution in [2.24, 2.45) is 0 Å². The van der Waals surface area contributed by atoms with Gasteiger partial charge in [0.1, 0.15) is 18.9 Å². The van der Waals surface area contributed by atoms with Crippen LogP contribution in [0.1, 0.15) is 6.42 Å². The Labute approximate surface area is 164 Å². The van der Waals surface area contributed by atoms with E-state index in [4.69, 9.17) is 26.3 Å². The predicted octanol–water partition coefficient (Wildman–Crippen LogP) is 2.67. The molecule has 5 nitrogen and oxygen atoms in total. The van der Waals surface area contributed by atoms with E-state index < -0.39 is 0 Å². The summed E-state index contributed by atoms with van der Waals surface area (Å²) in [5, 5.41) is 5.29. The third-order valence-corrected chi connectivity index (χ3v) is 5.16. The molecule has 4 rings (SSSR count). The summed E-state index contributed by atoms with van der Waals surface area (Å²) in [7, 11) is 0. The molecule has 0 radical (unpaired) electrons. The molecule has 140 valence electrons. The van der Waals surface area contributed by atoms with Crippen molar-refractivity contribution in [1.29, 1.82) is 0 Å². The molecule has 0 saturated carbocycles. The Morgan fingerprint density at radius 3 is 2.59 bits per heavy atom. The number of morpholine rings is 1. The van der Waals surface area contributed by atoms with E-state index in [1.54, 1.807) is 4.90 Å². The molecule has 0 unspecified atom stereocenters. The second-order valence-electron chi connectivity index (χ2n) is 6.81. The Morgan fingerprint density at radius 2 is 1.78 bits per heavy atom. The monoisotopic (exact) mass is 383 g/mol. The van der Waals surface area contributed by atoms with Crippen molar-refractivity contribution in [2.45, 2.75) is 6.42 Å². The largest absolute Gasteiger partial charge is 0.370 e. The Hall–Kier alpha value is -2.21. The van der Waals surface area contributed by atoms with Crippen molar-refractivity contribution in [3.8, 4) is 11.4 Å². The van der Waals surface area contributed by atoms with Crippen LogP contribution in [-0.4, -0.2) is 49.4 Å². The van der Waals surface area contributed by atoms with Crippen LogP contribution in [0.5, 0.6) is 0 Å². The molecule has 1 aromatic heterocycles. The van der Waals surface area contributed by atoms with Crippen LogP contribution in [0.2, 0.25) is 5.02 Å². The maximum absolute atomic E-state index is 6.01. The lowest BCUT2D eigenvalue weighted by atomic mass is 10.2. The first-order chi connectivity index (χ1) is 13.3. The van der Waals surface area contributed by atoms with E-state index in [1.807, 2.05) is 42.5 Å². The first-order valence-electron chi connectivity index (χ1n) is 9.47. The smallest absolute Gasteiger partial charge is 0.162 e. The number of ether oxygens (including phenoxy) is 1. The number of nitrogens with zero attached hydrogens (tertiary/aromatic N) is 2. The number of anilines is 1. The lowest BCUT2D eigenvalue weighted by molar-refractivity contribution is -0.908. The van der Waals surface area contributed by atoms with Crippen LogP contribution in [0.25, 0.3) is 22.3 Å². The molecule has 3 aromatic rings. The van der Waals surface area contributed by atoms with E-state index in [2.05, 4.69) is 11.4 Å². The van der Waals surface area contributed by atoms with Gasteiger partial charge in [-0.25, -0.2) is 9.97 Å². The number of hydrogen-bond donors (Lipinski definition) is 2. The van der Waals surface area contributed by atoms with Crippen LogP contribution in [-0.2, 0) is 4.74 Å². The molecule has 2 N–H and O–H groups in total. The molecule has 1 saturated heterocycles. The van der Waals surface area contributed by atoms with Gasteiger partial charge in [0.2, 0.25) is 0 Å². The summed E-state index contributed by atoms with van der Waals surface area (Å²) in [5.74, 6) is 1.61. The SMILES string of the molecule is Clc1ccc(-c2nc(NCCC[NH+]3CCOCC3)c3ccccc3n2)cc1. The van der Waals surface area contributed by atoms with Crippen LogP contribution in [0, 0.1) is 0 Å². The molecular formula is C21H24ClN4O+. The zero-order chi connectivity index (χ0) is 18.5. The zero-order valence-corrected chi connectivity index (χ0v) is 16.0. The minimum atomic E-state index is 0.712. The predicted molar refractivity (Wildman–Crippen MR) is 109 cm³/mol. The highest BCUT2D eigenvalue weighted by molar-refractivity contribution is 6.30. The molecule has 1 fully saturated rings. The summed E-state index contributed by atoms with van der Waals surface area (Å²) in [6, 6.07) is 15.8. The van der Waals surface area contributed by atoms with Gasteiger partial charge in [-0.15, -0.1) is 0 Å². The highest BCUT2D eigenvalue weighted by Crippen LogP contribution is 2.25. The fraction of sp³-hybridized carbons (Fsp3) is 0.333. The summed E-state index contributed by atoms with van der Waals surface area (Å²) in [6.45, 7) is 6.02. The number of rotatable bonds is 6. The number of para-hydroxylation sites is 1. The van der Waals surface area contributed by atoms with Crippen molar-refractivity contribution in [2.75, 3.05) is 44.7 Å². The number of halogens is 1. The number of aromatic nitrogens is 2. The first-order valence-corrected chi connectivity index (χ1v) is 9.85. The summed E-state index contributed by atoms with van der Waals surface area (Å²) >= 11 is 6.01. The first kappa shape index (κ1) is 18.2. The second-order valence-corrected chi connectivity index (χ2v) is 7.25. The zero-order valence-electron chi connectivity index (χ0n) is 15.2. The van der Waals surface area contributed by atoms with Crippen LogP contribution in [0.4, 0.5) is 5.82 Å². The lowest BCUT2D eigenvalue weighted by Gasteiger charge is -2.23. The van der Waals surface area contributed by atoms with Crippen molar-refractivity contribution in [3.05, 3.63) is 53.6 Å². The maximum Gasteiger partial charge on any atom is 0.162 e. The topological polar surface area (TPSA) is 51.5 Å². The normalized spacial score (nSPS) is 15.1. The Kier molecular flexibility index (Phi) is 5.82. The fourth-order valence-electron chi connectivity index (χ4n) is 3.39. The van der Waals surface area contributed by atoms with Crippen LogP contribution in [0.15, 0.2) is 48.5 Å². The molecular weight excluding hydrogens is 360 g/mol. The molecule has 6 heteroatoms. The van der Waals surface area contributed by atoms with Gasteiger partial charge < -0.3 is 15.0 Å². The van der Waals surface area contributed by atoms with E-state index in [-0.39, 0.29) is 0 Å². The van der Waals surface area contributed by atoms with Crippen molar-refractivity contribution >= 4 is 28.3 Å². The highest BCUT2D eigenvalue weighted by atomic mass is 35.5. The maximum atomic E-state index is 6.01. The summed E-state index contributed by atoms with van der Waals surface area (Å²) in [5.41, 5.74) is 1.91. The quantitative estimate of drug-likeness (QED) is 0.642. The van der Waals surface area contributed by atoms with Gasteiger partial charge in [-0.05, 0) is 36.4 Å². The van der Waals surface area contributed by atoms with E-state index in [0.717, 1.165) is 68.1 Å². The third-order valence-electron chi connectivity index (χ3n) is 4.91. The summed E-state index contributed by atoms with van der Waals surface area (Å²) in [6.07, 6.45) is 1.10. The van der Waals surface area contributed by atoms with E-state index >= 15 is 0 Å². The molecule has 1 aliphatic heterocycles. The number of quaternary nitrogens is 1. The third kappa shape index (κ3) is 4.56. The molecule has 2 aromatic carbocycles. The van der Waals surface area contributed by atoms with Crippen molar-refractivity contribution in [1.82, 2.24) is 9.97 Å². The minimum Gasteiger partial charge on any atom is -0.370 e. The molecule has 0 atom stereocenters. The van der Waals surface area contributed by atoms with Crippen molar-refractivity contribution < 1.29 is 9.64 Å². The Morgan fingerprint density at radius 1 is 1.00 bits per heavy atom. The highest BCUT2D eigenvalue weighted by Gasteiger charge is 2.13. The van der Waals surface area contributed by atoms with Gasteiger partial charge >= 0.3 is 0 Å². The number of benzene rings is 2. The molecule has 0 spiro atoms. The van der Waals surface area contributed by atoms with Gasteiger partial charge in [-0.3, -0.25) is 0 Å². The molecule has 0 aliphatic carbocycles. The van der Waals surface area contributed by atoms with Gasteiger partial charge in [0, 0.05) is 28.9 Å². The summed E-state index contributed by atoms with van der Waals surface area (Å²) in [4.78, 5) is 11.1. The van der Waals surface area contributed by atoms with Gasteiger partial charge in [-0.1, -0.05) is 23.7 Å². The van der Waals surface area contributed by atoms with E-state index in [1.165, 1.54) is 0 Å². The number of fused-ring (bicyclic) bond motifs is 1. The Balaban J connectivity index is 1.50.